The van der Waals surface area contributed by atoms with Crippen molar-refractivity contribution in [3.63, 3.8) is 0 Å². The number of nitrogens with zero attached hydrogens (tertiary/aromatic N) is 2. The second-order valence-corrected chi connectivity index (χ2v) is 4.73. The summed E-state index contributed by atoms with van der Waals surface area (Å²) < 4.78 is 1.79. The maximum atomic E-state index is 11.1. The molecule has 2 aromatic rings. The normalized spacial score (nSPS) is 10.5. The molecule has 6 heteroatoms. The van der Waals surface area contributed by atoms with Crippen LogP contribution in [-0.4, -0.2) is 15.7 Å². The molecule has 1 aromatic heterocycles. The van der Waals surface area contributed by atoms with E-state index in [1.807, 2.05) is 31.2 Å². The van der Waals surface area contributed by atoms with E-state index in [9.17, 15) is 4.79 Å². The van der Waals surface area contributed by atoms with E-state index in [2.05, 4.69) is 10.5 Å². The Morgan fingerprint density at radius 3 is 2.53 bits per heavy atom. The van der Waals surface area contributed by atoms with Gasteiger partial charge in [0.15, 0.2) is 0 Å². The second-order valence-electron chi connectivity index (χ2n) is 4.32. The molecule has 0 fully saturated rings. The molecule has 1 amide bonds. The summed E-state index contributed by atoms with van der Waals surface area (Å²) in [6.07, 6.45) is 2.08. The van der Waals surface area contributed by atoms with E-state index in [0.29, 0.717) is 11.6 Å². The number of carbonyl (C=O) groups excluding carboxylic acids is 1. The standard InChI is InChI=1S/C13H15ClN4O/c1-9-12(14)8-18(17-9)7-11-4-2-10(3-5-11)6-13(19)16-15/h2-5,8H,6-7,15H2,1H3,(H,16,19). The number of halogens is 1. The fourth-order valence-corrected chi connectivity index (χ4v) is 1.91. The zero-order valence-corrected chi connectivity index (χ0v) is 11.3. The van der Waals surface area contributed by atoms with Crippen molar-refractivity contribution in [3.8, 4) is 0 Å². The van der Waals surface area contributed by atoms with Crippen LogP contribution in [0.1, 0.15) is 16.8 Å². The molecule has 1 heterocycles. The van der Waals surface area contributed by atoms with Crippen LogP contribution in [0.4, 0.5) is 0 Å². The first-order valence-electron chi connectivity index (χ1n) is 5.85. The second kappa shape index (κ2) is 5.86. The monoisotopic (exact) mass is 278 g/mol. The maximum absolute atomic E-state index is 11.1. The molecule has 3 N–H and O–H groups in total. The van der Waals surface area contributed by atoms with Crippen LogP contribution in [-0.2, 0) is 17.8 Å². The molecule has 0 saturated heterocycles. The highest BCUT2D eigenvalue weighted by Crippen LogP contribution is 2.14. The molecule has 0 radical (unpaired) electrons. The lowest BCUT2D eigenvalue weighted by molar-refractivity contribution is -0.120. The Balaban J connectivity index is 2.04. The van der Waals surface area contributed by atoms with Crippen LogP contribution in [0.15, 0.2) is 30.5 Å². The first kappa shape index (κ1) is 13.6. The van der Waals surface area contributed by atoms with Crippen molar-refractivity contribution in [2.24, 2.45) is 5.84 Å². The van der Waals surface area contributed by atoms with Gasteiger partial charge in [-0.2, -0.15) is 5.10 Å². The van der Waals surface area contributed by atoms with Gasteiger partial charge in [0, 0.05) is 6.20 Å². The minimum atomic E-state index is -0.206. The fourth-order valence-electron chi connectivity index (χ4n) is 1.76. The average Bonchev–Trinajstić information content (AvgIpc) is 2.70. The van der Waals surface area contributed by atoms with Gasteiger partial charge < -0.3 is 0 Å². The van der Waals surface area contributed by atoms with Crippen molar-refractivity contribution >= 4 is 17.5 Å². The summed E-state index contributed by atoms with van der Waals surface area (Å²) in [5.41, 5.74) is 4.94. The first-order valence-corrected chi connectivity index (χ1v) is 6.23. The number of amides is 1. The highest BCUT2D eigenvalue weighted by Gasteiger charge is 2.04. The zero-order valence-electron chi connectivity index (χ0n) is 10.6. The Morgan fingerprint density at radius 2 is 2.00 bits per heavy atom. The van der Waals surface area contributed by atoms with Crippen LogP contribution in [0, 0.1) is 6.92 Å². The predicted octanol–water partition coefficient (Wildman–Crippen LogP) is 1.43. The van der Waals surface area contributed by atoms with Crippen LogP contribution in [0.25, 0.3) is 0 Å². The lowest BCUT2D eigenvalue weighted by atomic mass is 10.1. The van der Waals surface area contributed by atoms with Crippen LogP contribution in [0.3, 0.4) is 0 Å². The van der Waals surface area contributed by atoms with Gasteiger partial charge in [0.05, 0.1) is 23.7 Å². The number of aryl methyl sites for hydroxylation is 1. The summed E-state index contributed by atoms with van der Waals surface area (Å²) in [5, 5.41) is 4.96. The molecule has 1 aromatic carbocycles. The van der Waals surface area contributed by atoms with Crippen molar-refractivity contribution < 1.29 is 4.79 Å². The summed E-state index contributed by atoms with van der Waals surface area (Å²) >= 11 is 5.95. The number of benzene rings is 1. The molecule has 100 valence electrons. The molecule has 0 unspecified atom stereocenters. The van der Waals surface area contributed by atoms with Crippen molar-refractivity contribution in [2.75, 3.05) is 0 Å². The Kier molecular flexibility index (Phi) is 4.19. The van der Waals surface area contributed by atoms with Gasteiger partial charge in [0.2, 0.25) is 5.91 Å². The number of hydrazine groups is 1. The Bertz CT molecular complexity index is 557. The third kappa shape index (κ3) is 3.56. The Labute approximate surface area is 116 Å². The summed E-state index contributed by atoms with van der Waals surface area (Å²) in [6.45, 7) is 2.52. The topological polar surface area (TPSA) is 72.9 Å². The zero-order chi connectivity index (χ0) is 13.8. The number of rotatable bonds is 4. The van der Waals surface area contributed by atoms with E-state index < -0.39 is 0 Å². The summed E-state index contributed by atoms with van der Waals surface area (Å²) in [5.74, 6) is 4.84. The maximum Gasteiger partial charge on any atom is 0.238 e. The van der Waals surface area contributed by atoms with Crippen LogP contribution >= 0.6 is 11.6 Å². The molecule has 0 aliphatic rings. The molecular weight excluding hydrogens is 264 g/mol. The van der Waals surface area contributed by atoms with Gasteiger partial charge in [-0.15, -0.1) is 0 Å². The number of nitrogens with one attached hydrogen (secondary N) is 1. The quantitative estimate of drug-likeness (QED) is 0.505. The Morgan fingerprint density at radius 1 is 1.37 bits per heavy atom. The van der Waals surface area contributed by atoms with Gasteiger partial charge in [-0.05, 0) is 18.1 Å². The largest absolute Gasteiger partial charge is 0.294 e. The number of carbonyl (C=O) groups is 1. The fraction of sp³-hybridized carbons (Fsp3) is 0.231. The lowest BCUT2D eigenvalue weighted by Gasteiger charge is -2.04. The predicted molar refractivity (Wildman–Crippen MR) is 73.6 cm³/mol. The summed E-state index contributed by atoms with van der Waals surface area (Å²) in [6, 6.07) is 7.74. The molecule has 0 bridgehead atoms. The van der Waals surface area contributed by atoms with E-state index in [1.54, 1.807) is 10.9 Å². The van der Waals surface area contributed by atoms with Crippen LogP contribution < -0.4 is 11.3 Å². The smallest absolute Gasteiger partial charge is 0.238 e. The highest BCUT2D eigenvalue weighted by atomic mass is 35.5. The molecular formula is C13H15ClN4O. The van der Waals surface area contributed by atoms with E-state index >= 15 is 0 Å². The van der Waals surface area contributed by atoms with Crippen molar-refractivity contribution in [2.45, 2.75) is 19.9 Å². The van der Waals surface area contributed by atoms with Gasteiger partial charge >= 0.3 is 0 Å². The van der Waals surface area contributed by atoms with Gasteiger partial charge in [0.25, 0.3) is 0 Å². The minimum Gasteiger partial charge on any atom is -0.294 e. The third-order valence-electron chi connectivity index (χ3n) is 2.78. The first-order chi connectivity index (χ1) is 9.08. The highest BCUT2D eigenvalue weighted by molar-refractivity contribution is 6.31. The average molecular weight is 279 g/mol. The van der Waals surface area contributed by atoms with Crippen LogP contribution in [0.2, 0.25) is 5.02 Å². The molecule has 0 spiro atoms. The van der Waals surface area contributed by atoms with Gasteiger partial charge in [0.1, 0.15) is 0 Å². The number of hydrogen-bond donors (Lipinski definition) is 2. The van der Waals surface area contributed by atoms with Crippen molar-refractivity contribution in [1.29, 1.82) is 0 Å². The molecule has 0 saturated carbocycles. The van der Waals surface area contributed by atoms with Gasteiger partial charge in [-0.1, -0.05) is 35.9 Å². The summed E-state index contributed by atoms with van der Waals surface area (Å²) in [4.78, 5) is 11.1. The Hall–Kier alpha value is -1.85. The third-order valence-corrected chi connectivity index (χ3v) is 3.15. The number of aromatic nitrogens is 2. The van der Waals surface area contributed by atoms with E-state index in [1.165, 1.54) is 0 Å². The molecule has 19 heavy (non-hydrogen) atoms. The van der Waals surface area contributed by atoms with Gasteiger partial charge in [-0.25, -0.2) is 5.84 Å². The van der Waals surface area contributed by atoms with Gasteiger partial charge in [-0.3, -0.25) is 14.9 Å². The molecule has 0 aliphatic carbocycles. The van der Waals surface area contributed by atoms with Crippen molar-refractivity contribution in [3.05, 3.63) is 52.3 Å². The van der Waals surface area contributed by atoms with E-state index in [-0.39, 0.29) is 12.3 Å². The molecule has 0 atom stereocenters. The number of hydrogen-bond acceptors (Lipinski definition) is 3. The van der Waals surface area contributed by atoms with Crippen LogP contribution in [0.5, 0.6) is 0 Å². The van der Waals surface area contributed by atoms with E-state index in [4.69, 9.17) is 17.4 Å². The lowest BCUT2D eigenvalue weighted by Crippen LogP contribution is -2.31. The van der Waals surface area contributed by atoms with Crippen molar-refractivity contribution in [1.82, 2.24) is 15.2 Å². The minimum absolute atomic E-state index is 0.206. The molecule has 2 rings (SSSR count). The molecule has 0 aliphatic heterocycles. The number of nitrogens with two attached hydrogens (primary N) is 1. The SMILES string of the molecule is Cc1nn(Cc2ccc(CC(=O)NN)cc2)cc1Cl. The summed E-state index contributed by atoms with van der Waals surface area (Å²) in [7, 11) is 0. The van der Waals surface area contributed by atoms with E-state index in [0.717, 1.165) is 16.8 Å². The molecule has 5 nitrogen and oxygen atoms in total.